The highest BCUT2D eigenvalue weighted by molar-refractivity contribution is 6.24. The molecule has 26 heavy (non-hydrogen) atoms. The van der Waals surface area contributed by atoms with Crippen molar-refractivity contribution in [2.45, 2.75) is 44.6 Å². The molecule has 1 atom stereocenters. The van der Waals surface area contributed by atoms with Gasteiger partial charge in [-0.05, 0) is 50.9 Å². The lowest BCUT2D eigenvalue weighted by molar-refractivity contribution is -0.136. The number of unbranched alkanes of at least 4 members (excludes halogenated alkanes) is 2. The first-order valence-electron chi connectivity index (χ1n) is 9.02. The van der Waals surface area contributed by atoms with Crippen LogP contribution in [-0.4, -0.2) is 48.2 Å². The zero-order valence-corrected chi connectivity index (χ0v) is 14.8. The van der Waals surface area contributed by atoms with Gasteiger partial charge in [-0.2, -0.15) is 0 Å². The maximum atomic E-state index is 12.9. The Hall–Kier alpha value is -2.54. The average Bonchev–Trinajstić information content (AvgIpc) is 2.87. The van der Waals surface area contributed by atoms with E-state index < -0.39 is 23.8 Å². The maximum Gasteiger partial charge on any atom is 0.262 e. The molecule has 7 nitrogen and oxygen atoms in total. The minimum Gasteiger partial charge on any atom is -0.320 e. The molecule has 1 aromatic carbocycles. The highest BCUT2D eigenvalue weighted by Gasteiger charge is 2.45. The summed E-state index contributed by atoms with van der Waals surface area (Å²) in [6, 6.07) is 4.37. The third kappa shape index (κ3) is 3.39. The Bertz CT molecular complexity index is 759. The number of benzene rings is 1. The Kier molecular flexibility index (Phi) is 5.46. The third-order valence-electron chi connectivity index (χ3n) is 4.93. The van der Waals surface area contributed by atoms with Gasteiger partial charge >= 0.3 is 0 Å². The molecule has 0 saturated carbocycles. The van der Waals surface area contributed by atoms with Gasteiger partial charge in [-0.25, -0.2) is 0 Å². The molecule has 138 valence electrons. The first-order chi connectivity index (χ1) is 12.5. The lowest BCUT2D eigenvalue weighted by Crippen LogP contribution is -2.54. The van der Waals surface area contributed by atoms with Crippen LogP contribution in [0, 0.1) is 0 Å². The summed E-state index contributed by atoms with van der Waals surface area (Å²) >= 11 is 0. The summed E-state index contributed by atoms with van der Waals surface area (Å²) in [4.78, 5) is 50.1. The van der Waals surface area contributed by atoms with Gasteiger partial charge in [-0.1, -0.05) is 18.6 Å². The molecule has 0 radical (unpaired) electrons. The number of hydrogen-bond donors (Lipinski definition) is 2. The first kappa shape index (κ1) is 18.3. The molecule has 2 aliphatic rings. The standard InChI is InChI=1S/C19H23N3O4/c1-20-11-4-2-3-6-12-7-5-8-13-16(12)19(26)22(18(13)25)14-9-10-15(23)21-17(14)24/h5,7-8,14,20H,2-4,6,9-11H2,1H3,(H,21,23,24). The molecule has 1 fully saturated rings. The van der Waals surface area contributed by atoms with Gasteiger partial charge in [0.05, 0.1) is 11.1 Å². The van der Waals surface area contributed by atoms with Crippen molar-refractivity contribution in [3.05, 3.63) is 34.9 Å². The fraction of sp³-hybridized carbons (Fsp3) is 0.474. The zero-order chi connectivity index (χ0) is 18.7. The van der Waals surface area contributed by atoms with Crippen LogP contribution in [0.4, 0.5) is 0 Å². The van der Waals surface area contributed by atoms with E-state index in [0.717, 1.165) is 42.7 Å². The number of piperidine rings is 1. The fourth-order valence-corrected chi connectivity index (χ4v) is 3.59. The minimum absolute atomic E-state index is 0.127. The Balaban J connectivity index is 1.78. The second-order valence-electron chi connectivity index (χ2n) is 6.70. The number of nitrogens with zero attached hydrogens (tertiary/aromatic N) is 1. The largest absolute Gasteiger partial charge is 0.320 e. The van der Waals surface area contributed by atoms with Crippen LogP contribution >= 0.6 is 0 Å². The van der Waals surface area contributed by atoms with Crippen LogP contribution in [0.5, 0.6) is 0 Å². The number of nitrogens with one attached hydrogen (secondary N) is 2. The van der Waals surface area contributed by atoms with Gasteiger partial charge in [0.25, 0.3) is 11.8 Å². The molecule has 3 rings (SSSR count). The molecule has 7 heteroatoms. The van der Waals surface area contributed by atoms with Crippen molar-refractivity contribution in [3.63, 3.8) is 0 Å². The predicted octanol–water partition coefficient (Wildman–Crippen LogP) is 1.02. The van der Waals surface area contributed by atoms with Gasteiger partial charge in [-0.3, -0.25) is 29.4 Å². The summed E-state index contributed by atoms with van der Waals surface area (Å²) in [6.45, 7) is 0.952. The molecule has 1 unspecified atom stereocenters. The van der Waals surface area contributed by atoms with Crippen molar-refractivity contribution in [1.82, 2.24) is 15.5 Å². The molecule has 2 N–H and O–H groups in total. The van der Waals surface area contributed by atoms with Crippen LogP contribution in [0.3, 0.4) is 0 Å². The molecule has 1 aromatic rings. The van der Waals surface area contributed by atoms with Gasteiger partial charge in [-0.15, -0.1) is 0 Å². The average molecular weight is 357 g/mol. The number of carbonyl (C=O) groups excluding carboxylic acids is 4. The zero-order valence-electron chi connectivity index (χ0n) is 14.8. The minimum atomic E-state index is -0.913. The van der Waals surface area contributed by atoms with E-state index in [1.54, 1.807) is 12.1 Å². The molecule has 0 aliphatic carbocycles. The molecule has 1 saturated heterocycles. The van der Waals surface area contributed by atoms with Crippen LogP contribution < -0.4 is 10.6 Å². The number of imide groups is 2. The van der Waals surface area contributed by atoms with Crippen molar-refractivity contribution in [1.29, 1.82) is 0 Å². The number of aryl methyl sites for hydroxylation is 1. The number of rotatable bonds is 7. The number of fused-ring (bicyclic) bond motifs is 1. The SMILES string of the molecule is CNCCCCCc1cccc2c1C(=O)N(C1CCC(=O)NC1=O)C2=O. The van der Waals surface area contributed by atoms with Crippen molar-refractivity contribution >= 4 is 23.6 Å². The van der Waals surface area contributed by atoms with Crippen molar-refractivity contribution in [2.24, 2.45) is 0 Å². The topological polar surface area (TPSA) is 95.6 Å². The van der Waals surface area contributed by atoms with Crippen LogP contribution in [0.2, 0.25) is 0 Å². The van der Waals surface area contributed by atoms with Crippen LogP contribution in [-0.2, 0) is 16.0 Å². The normalized spacial score (nSPS) is 19.7. The summed E-state index contributed by atoms with van der Waals surface area (Å²) in [5, 5.41) is 5.32. The van der Waals surface area contributed by atoms with Crippen molar-refractivity contribution in [2.75, 3.05) is 13.6 Å². The van der Waals surface area contributed by atoms with Gasteiger partial charge in [0.1, 0.15) is 6.04 Å². The Morgan fingerprint density at radius 1 is 1.12 bits per heavy atom. The molecular formula is C19H23N3O4. The first-order valence-corrected chi connectivity index (χ1v) is 9.02. The third-order valence-corrected chi connectivity index (χ3v) is 4.93. The molecule has 0 aromatic heterocycles. The summed E-state index contributed by atoms with van der Waals surface area (Å²) in [6.07, 6.45) is 4.04. The van der Waals surface area contributed by atoms with Gasteiger partial charge in [0, 0.05) is 6.42 Å². The number of hydrogen-bond acceptors (Lipinski definition) is 5. The van der Waals surface area contributed by atoms with Crippen LogP contribution in [0.25, 0.3) is 0 Å². The smallest absolute Gasteiger partial charge is 0.262 e. The highest BCUT2D eigenvalue weighted by Crippen LogP contribution is 2.30. The number of amides is 4. The van der Waals surface area contributed by atoms with Gasteiger partial charge in [0.2, 0.25) is 11.8 Å². The molecule has 4 amide bonds. The van der Waals surface area contributed by atoms with Crippen LogP contribution in [0.1, 0.15) is 58.4 Å². The Labute approximate surface area is 152 Å². The summed E-state index contributed by atoms with van der Waals surface area (Å²) in [7, 11) is 1.91. The Morgan fingerprint density at radius 3 is 2.65 bits per heavy atom. The predicted molar refractivity (Wildman–Crippen MR) is 94.6 cm³/mol. The molecule has 2 heterocycles. The van der Waals surface area contributed by atoms with Gasteiger partial charge < -0.3 is 5.32 Å². The van der Waals surface area contributed by atoms with E-state index in [9.17, 15) is 19.2 Å². The lowest BCUT2D eigenvalue weighted by Gasteiger charge is -2.27. The Morgan fingerprint density at radius 2 is 1.92 bits per heavy atom. The second-order valence-corrected chi connectivity index (χ2v) is 6.70. The lowest BCUT2D eigenvalue weighted by atomic mass is 9.98. The molecular weight excluding hydrogens is 334 g/mol. The van der Waals surface area contributed by atoms with E-state index in [1.807, 2.05) is 13.1 Å². The molecule has 0 spiro atoms. The molecule has 2 aliphatic heterocycles. The van der Waals surface area contributed by atoms with E-state index in [-0.39, 0.29) is 18.7 Å². The number of carbonyl (C=O) groups is 4. The fourth-order valence-electron chi connectivity index (χ4n) is 3.59. The molecule has 0 bridgehead atoms. The van der Waals surface area contributed by atoms with E-state index in [0.29, 0.717) is 11.1 Å². The van der Waals surface area contributed by atoms with E-state index in [1.165, 1.54) is 0 Å². The maximum absolute atomic E-state index is 12.9. The van der Waals surface area contributed by atoms with E-state index in [2.05, 4.69) is 10.6 Å². The highest BCUT2D eigenvalue weighted by atomic mass is 16.2. The van der Waals surface area contributed by atoms with Crippen molar-refractivity contribution in [3.8, 4) is 0 Å². The van der Waals surface area contributed by atoms with Gasteiger partial charge in [0.15, 0.2) is 0 Å². The quantitative estimate of drug-likeness (QED) is 0.561. The second kappa shape index (κ2) is 7.78. The summed E-state index contributed by atoms with van der Waals surface area (Å²) < 4.78 is 0. The van der Waals surface area contributed by atoms with E-state index in [4.69, 9.17) is 0 Å². The summed E-state index contributed by atoms with van der Waals surface area (Å²) in [5.41, 5.74) is 1.61. The summed E-state index contributed by atoms with van der Waals surface area (Å²) in [5.74, 6) is -1.82. The van der Waals surface area contributed by atoms with Crippen molar-refractivity contribution < 1.29 is 19.2 Å². The van der Waals surface area contributed by atoms with E-state index >= 15 is 0 Å². The monoisotopic (exact) mass is 357 g/mol. The van der Waals surface area contributed by atoms with Crippen LogP contribution in [0.15, 0.2) is 18.2 Å².